The Hall–Kier alpha value is -1.84. The molecule has 1 N–H and O–H groups in total. The number of fused-ring (bicyclic) bond motifs is 3. The number of halogens is 1. The number of H-pyrrole nitrogens is 1. The number of benzene rings is 1. The van der Waals surface area contributed by atoms with Crippen LogP contribution in [0.1, 0.15) is 17.5 Å². The molecule has 2 aliphatic heterocycles. The summed E-state index contributed by atoms with van der Waals surface area (Å²) in [6.45, 7) is 5.98. The highest BCUT2D eigenvalue weighted by molar-refractivity contribution is 9.10. The maximum Gasteiger partial charge on any atom is 0.263 e. The van der Waals surface area contributed by atoms with Crippen molar-refractivity contribution < 1.29 is 0 Å². The molecule has 0 radical (unpaired) electrons. The lowest BCUT2D eigenvalue weighted by Crippen LogP contribution is -2.44. The summed E-state index contributed by atoms with van der Waals surface area (Å²) in [6.07, 6.45) is 5.02. The number of aromatic nitrogens is 4. The van der Waals surface area contributed by atoms with Crippen LogP contribution in [-0.4, -0.2) is 55.5 Å². The molecule has 2 atom stereocenters. The molecule has 2 fully saturated rings. The molecule has 2 aromatic heterocycles. The molecular formula is C19H21BrN6OS. The lowest BCUT2D eigenvalue weighted by molar-refractivity contribution is 0.410. The third-order valence-corrected chi connectivity index (χ3v) is 7.13. The topological polar surface area (TPSA) is 70.1 Å². The Balaban J connectivity index is 1.56. The Morgan fingerprint density at radius 3 is 2.61 bits per heavy atom. The monoisotopic (exact) mass is 460 g/mol. The van der Waals surface area contributed by atoms with Crippen LogP contribution in [0.25, 0.3) is 16.7 Å². The molecule has 5 rings (SSSR count). The molecule has 9 heteroatoms. The van der Waals surface area contributed by atoms with Crippen molar-refractivity contribution in [2.24, 2.45) is 0 Å². The first-order chi connectivity index (χ1) is 13.4. The molecule has 4 heterocycles. The van der Waals surface area contributed by atoms with Gasteiger partial charge in [-0.2, -0.15) is 4.98 Å². The minimum absolute atomic E-state index is 0.136. The second-order valence-corrected chi connectivity index (χ2v) is 9.32. The van der Waals surface area contributed by atoms with E-state index in [0.717, 1.165) is 40.8 Å². The van der Waals surface area contributed by atoms with E-state index in [1.807, 2.05) is 13.8 Å². The summed E-state index contributed by atoms with van der Waals surface area (Å²) >= 11 is 5.33. The van der Waals surface area contributed by atoms with E-state index in [0.29, 0.717) is 29.1 Å². The first-order valence-electron chi connectivity index (χ1n) is 9.29. The van der Waals surface area contributed by atoms with E-state index in [-0.39, 0.29) is 5.56 Å². The summed E-state index contributed by atoms with van der Waals surface area (Å²) in [7, 11) is 0. The lowest BCUT2D eigenvalue weighted by atomic mass is 10.1. The van der Waals surface area contributed by atoms with Gasteiger partial charge in [-0.1, -0.05) is 27.9 Å². The molecule has 1 aromatic carbocycles. The van der Waals surface area contributed by atoms with Crippen molar-refractivity contribution in [3.63, 3.8) is 0 Å². The van der Waals surface area contributed by atoms with Crippen molar-refractivity contribution in [2.75, 3.05) is 24.2 Å². The van der Waals surface area contributed by atoms with Gasteiger partial charge in [-0.3, -0.25) is 9.78 Å². The van der Waals surface area contributed by atoms with Gasteiger partial charge in [0.1, 0.15) is 5.39 Å². The maximum atomic E-state index is 12.8. The Kier molecular flexibility index (Phi) is 4.29. The van der Waals surface area contributed by atoms with Gasteiger partial charge in [0.2, 0.25) is 5.95 Å². The highest BCUT2D eigenvalue weighted by atomic mass is 79.9. The third-order valence-electron chi connectivity index (χ3n) is 5.76. The van der Waals surface area contributed by atoms with Crippen LogP contribution in [0, 0.1) is 13.8 Å². The highest BCUT2D eigenvalue weighted by Gasteiger charge is 2.44. The molecule has 2 aliphatic rings. The van der Waals surface area contributed by atoms with Crippen molar-refractivity contribution >= 4 is 44.9 Å². The van der Waals surface area contributed by atoms with Gasteiger partial charge >= 0.3 is 0 Å². The van der Waals surface area contributed by atoms with Crippen LogP contribution in [0.5, 0.6) is 0 Å². The molecule has 146 valence electrons. The fraction of sp³-hybridized carbons (Fsp3) is 0.421. The van der Waals surface area contributed by atoms with Gasteiger partial charge in [-0.25, -0.2) is 8.99 Å². The number of aryl methyl sites for hydroxylation is 2. The Morgan fingerprint density at radius 1 is 1.21 bits per heavy atom. The van der Waals surface area contributed by atoms with E-state index in [4.69, 9.17) is 4.98 Å². The van der Waals surface area contributed by atoms with Crippen LogP contribution < -0.4 is 10.5 Å². The van der Waals surface area contributed by atoms with Gasteiger partial charge in [0.05, 0.1) is 5.69 Å². The smallest absolute Gasteiger partial charge is 0.263 e. The average Bonchev–Trinajstić information content (AvgIpc) is 3.33. The van der Waals surface area contributed by atoms with Gasteiger partial charge in [0.15, 0.2) is 5.65 Å². The number of hydrogen-bond acceptors (Lipinski definition) is 6. The predicted octanol–water partition coefficient (Wildman–Crippen LogP) is 3.03. The van der Waals surface area contributed by atoms with E-state index in [1.165, 1.54) is 0 Å². The zero-order valence-corrected chi connectivity index (χ0v) is 18.3. The zero-order valence-electron chi connectivity index (χ0n) is 15.9. The summed E-state index contributed by atoms with van der Waals surface area (Å²) in [6, 6.07) is 5.02. The van der Waals surface area contributed by atoms with E-state index in [2.05, 4.69) is 53.6 Å². The van der Waals surface area contributed by atoms with E-state index >= 15 is 0 Å². The first-order valence-corrected chi connectivity index (χ1v) is 11.3. The first kappa shape index (κ1) is 18.2. The van der Waals surface area contributed by atoms with Gasteiger partial charge in [-0.15, -0.1) is 5.10 Å². The number of piperazine rings is 1. The van der Waals surface area contributed by atoms with Gasteiger partial charge in [0, 0.05) is 35.8 Å². The molecule has 0 amide bonds. The molecule has 3 aromatic rings. The van der Waals surface area contributed by atoms with Gasteiger partial charge in [0.25, 0.3) is 5.56 Å². The van der Waals surface area contributed by atoms with E-state index in [1.54, 1.807) is 22.8 Å². The molecule has 0 saturated carbocycles. The number of nitrogens with zero attached hydrogens (tertiary/aromatic N) is 5. The number of aromatic amines is 1. The van der Waals surface area contributed by atoms with Gasteiger partial charge in [-0.05, 0) is 49.8 Å². The van der Waals surface area contributed by atoms with Crippen LogP contribution in [0.4, 0.5) is 5.95 Å². The number of rotatable bonds is 3. The van der Waals surface area contributed by atoms with Crippen LogP contribution in [-0.2, 0) is 0 Å². The Bertz CT molecular complexity index is 1120. The molecule has 7 nitrogen and oxygen atoms in total. The predicted molar refractivity (Wildman–Crippen MR) is 116 cm³/mol. The van der Waals surface area contributed by atoms with Crippen molar-refractivity contribution in [2.45, 2.75) is 32.4 Å². The SMILES string of the molecule is CSN1CC2CC1CN2c1nc2nn(-c3c(C)cc(Br)cc3C)cc2c(=O)[nH]1. The van der Waals surface area contributed by atoms with Gasteiger partial charge < -0.3 is 4.90 Å². The fourth-order valence-corrected chi connectivity index (χ4v) is 5.99. The third kappa shape index (κ3) is 2.79. The highest BCUT2D eigenvalue weighted by Crippen LogP contribution is 2.36. The quantitative estimate of drug-likeness (QED) is 0.605. The minimum atomic E-state index is -0.136. The second-order valence-electron chi connectivity index (χ2n) is 7.57. The van der Waals surface area contributed by atoms with Crippen molar-refractivity contribution in [1.82, 2.24) is 24.1 Å². The van der Waals surface area contributed by atoms with Crippen LogP contribution in [0.15, 0.2) is 27.6 Å². The molecular weight excluding hydrogens is 440 g/mol. The van der Waals surface area contributed by atoms with Crippen LogP contribution >= 0.6 is 27.9 Å². The number of hydrogen-bond donors (Lipinski definition) is 1. The maximum absolute atomic E-state index is 12.8. The summed E-state index contributed by atoms with van der Waals surface area (Å²) < 4.78 is 5.23. The van der Waals surface area contributed by atoms with Crippen LogP contribution in [0.2, 0.25) is 0 Å². The summed E-state index contributed by atoms with van der Waals surface area (Å²) in [4.78, 5) is 22.7. The average molecular weight is 461 g/mol. The van der Waals surface area contributed by atoms with Crippen molar-refractivity contribution in [1.29, 1.82) is 0 Å². The number of nitrogens with one attached hydrogen (secondary N) is 1. The molecule has 2 saturated heterocycles. The minimum Gasteiger partial charge on any atom is -0.336 e. The normalized spacial score (nSPS) is 21.9. The second kappa shape index (κ2) is 6.60. The number of anilines is 1. The van der Waals surface area contributed by atoms with E-state index < -0.39 is 0 Å². The Labute approximate surface area is 175 Å². The van der Waals surface area contributed by atoms with Crippen molar-refractivity contribution in [3.05, 3.63) is 44.3 Å². The molecule has 0 aliphatic carbocycles. The molecule has 28 heavy (non-hydrogen) atoms. The molecule has 2 unspecified atom stereocenters. The molecule has 0 spiro atoms. The van der Waals surface area contributed by atoms with Crippen molar-refractivity contribution in [3.8, 4) is 5.69 Å². The lowest BCUT2D eigenvalue weighted by Gasteiger charge is -2.32. The summed E-state index contributed by atoms with van der Waals surface area (Å²) in [5, 5.41) is 5.16. The zero-order chi connectivity index (χ0) is 19.6. The summed E-state index contributed by atoms with van der Waals surface area (Å²) in [5.41, 5.74) is 3.52. The van der Waals surface area contributed by atoms with E-state index in [9.17, 15) is 4.79 Å². The Morgan fingerprint density at radius 2 is 1.96 bits per heavy atom. The fourth-order valence-electron chi connectivity index (χ4n) is 4.53. The van der Waals surface area contributed by atoms with Crippen LogP contribution in [0.3, 0.4) is 0 Å². The molecule has 2 bridgehead atoms. The summed E-state index contributed by atoms with van der Waals surface area (Å²) in [5.74, 6) is 0.639. The standard InChI is InChI=1S/C19H21BrN6OS/c1-10-4-12(20)5-11(2)16(10)25-9-15-17(23-25)21-19(22-18(15)27)24-7-14-6-13(24)8-26(14)28-3/h4-5,9,13-14H,6-8H2,1-3H3,(H,21,22,23,27). The largest absolute Gasteiger partial charge is 0.336 e.